The van der Waals surface area contributed by atoms with E-state index in [1.165, 1.54) is 34.3 Å². The molecule has 6 heteroatoms. The lowest BCUT2D eigenvalue weighted by atomic mass is 10.3. The molecule has 0 saturated carbocycles. The number of hydrogen-bond acceptors (Lipinski definition) is 3. The van der Waals surface area contributed by atoms with Crippen LogP contribution in [0, 0.1) is 5.82 Å². The first-order chi connectivity index (χ1) is 8.08. The van der Waals surface area contributed by atoms with Crippen LogP contribution in [0.4, 0.5) is 10.1 Å². The number of carbonyl (C=O) groups is 2. The van der Waals surface area contributed by atoms with E-state index in [0.717, 1.165) is 0 Å². The minimum Gasteiger partial charge on any atom is -0.480 e. The Balaban J connectivity index is 2.24. The molecule has 1 amide bonds. The van der Waals surface area contributed by atoms with E-state index in [4.69, 9.17) is 5.11 Å². The summed E-state index contributed by atoms with van der Waals surface area (Å²) in [6.07, 6.45) is 0.269. The number of hydrazine groups is 1. The number of carboxylic acid groups (broad SMARTS) is 1. The van der Waals surface area contributed by atoms with E-state index in [0.29, 0.717) is 12.2 Å². The van der Waals surface area contributed by atoms with Crippen molar-refractivity contribution in [2.75, 3.05) is 18.1 Å². The van der Waals surface area contributed by atoms with Crippen molar-refractivity contribution in [3.63, 3.8) is 0 Å². The van der Waals surface area contributed by atoms with Crippen LogP contribution in [0.25, 0.3) is 0 Å². The Morgan fingerprint density at radius 2 is 2.00 bits per heavy atom. The third-order valence-electron chi connectivity index (χ3n) is 2.49. The van der Waals surface area contributed by atoms with Crippen LogP contribution in [0.3, 0.4) is 0 Å². The highest BCUT2D eigenvalue weighted by Gasteiger charge is 2.31. The largest absolute Gasteiger partial charge is 0.480 e. The van der Waals surface area contributed by atoms with Crippen molar-refractivity contribution in [2.24, 2.45) is 0 Å². The van der Waals surface area contributed by atoms with Crippen molar-refractivity contribution in [3.05, 3.63) is 30.1 Å². The van der Waals surface area contributed by atoms with Crippen molar-refractivity contribution in [1.29, 1.82) is 0 Å². The molecule has 0 radical (unpaired) electrons. The Labute approximate surface area is 97.0 Å². The molecule has 0 aromatic heterocycles. The van der Waals surface area contributed by atoms with Crippen molar-refractivity contribution in [3.8, 4) is 0 Å². The summed E-state index contributed by atoms with van der Waals surface area (Å²) in [4.78, 5) is 22.3. The summed E-state index contributed by atoms with van der Waals surface area (Å²) in [7, 11) is 0. The fraction of sp³-hybridized carbons (Fsp3) is 0.273. The third kappa shape index (κ3) is 2.42. The van der Waals surface area contributed by atoms with Crippen molar-refractivity contribution in [2.45, 2.75) is 6.42 Å². The molecule has 1 fully saturated rings. The maximum Gasteiger partial charge on any atom is 0.319 e. The molecule has 0 atom stereocenters. The molecule has 2 rings (SSSR count). The average molecular weight is 238 g/mol. The molecule has 0 bridgehead atoms. The van der Waals surface area contributed by atoms with Crippen LogP contribution >= 0.6 is 0 Å². The smallest absolute Gasteiger partial charge is 0.319 e. The van der Waals surface area contributed by atoms with Crippen LogP contribution in [0.2, 0.25) is 0 Å². The minimum absolute atomic E-state index is 0.183. The van der Waals surface area contributed by atoms with Gasteiger partial charge in [0, 0.05) is 13.0 Å². The first-order valence-corrected chi connectivity index (χ1v) is 5.13. The number of carboxylic acids is 1. The number of halogens is 1. The van der Waals surface area contributed by atoms with Gasteiger partial charge in [-0.2, -0.15) is 0 Å². The first kappa shape index (κ1) is 11.5. The molecule has 1 N–H and O–H groups in total. The Morgan fingerprint density at radius 1 is 1.35 bits per heavy atom. The molecule has 1 aromatic carbocycles. The highest BCUT2D eigenvalue weighted by molar-refractivity contribution is 5.94. The Bertz CT molecular complexity index is 447. The summed E-state index contributed by atoms with van der Waals surface area (Å²) in [5, 5.41) is 11.4. The second kappa shape index (κ2) is 4.50. The molecule has 1 aliphatic heterocycles. The van der Waals surface area contributed by atoms with Crippen LogP contribution in [-0.4, -0.2) is 35.1 Å². The zero-order valence-corrected chi connectivity index (χ0v) is 8.97. The van der Waals surface area contributed by atoms with Crippen LogP contribution in [0.1, 0.15) is 6.42 Å². The van der Waals surface area contributed by atoms with Gasteiger partial charge in [-0.3, -0.25) is 9.59 Å². The van der Waals surface area contributed by atoms with Crippen molar-refractivity contribution < 1.29 is 19.1 Å². The molecular formula is C11H11FN2O3. The normalized spacial score (nSPS) is 16.5. The molecule has 1 heterocycles. The third-order valence-corrected chi connectivity index (χ3v) is 2.49. The quantitative estimate of drug-likeness (QED) is 0.848. The second-order valence-corrected chi connectivity index (χ2v) is 3.71. The van der Waals surface area contributed by atoms with Crippen molar-refractivity contribution in [1.82, 2.24) is 5.01 Å². The number of carbonyl (C=O) groups excluding carboxylic acids is 1. The summed E-state index contributed by atoms with van der Waals surface area (Å²) in [5.74, 6) is -1.59. The van der Waals surface area contributed by atoms with Crippen LogP contribution in [0.5, 0.6) is 0 Å². The predicted molar refractivity (Wildman–Crippen MR) is 57.7 cm³/mol. The molecular weight excluding hydrogens is 227 g/mol. The molecule has 0 aliphatic carbocycles. The first-order valence-electron chi connectivity index (χ1n) is 5.13. The number of hydrogen-bond donors (Lipinski definition) is 1. The highest BCUT2D eigenvalue weighted by Crippen LogP contribution is 2.22. The topological polar surface area (TPSA) is 60.9 Å². The lowest BCUT2D eigenvalue weighted by molar-refractivity contribution is -0.138. The molecule has 1 aromatic rings. The van der Waals surface area contributed by atoms with Gasteiger partial charge in [-0.25, -0.2) is 14.4 Å². The van der Waals surface area contributed by atoms with Gasteiger partial charge in [-0.05, 0) is 24.3 Å². The summed E-state index contributed by atoms with van der Waals surface area (Å²) >= 11 is 0. The molecule has 0 spiro atoms. The summed E-state index contributed by atoms with van der Waals surface area (Å²) < 4.78 is 12.8. The minimum atomic E-state index is -1.01. The second-order valence-electron chi connectivity index (χ2n) is 3.71. The van der Waals surface area contributed by atoms with Gasteiger partial charge in [0.15, 0.2) is 0 Å². The van der Waals surface area contributed by atoms with Gasteiger partial charge < -0.3 is 5.11 Å². The lowest BCUT2D eigenvalue weighted by Gasteiger charge is -2.26. The number of rotatable bonds is 3. The molecule has 90 valence electrons. The molecule has 0 unspecified atom stereocenters. The maximum atomic E-state index is 12.8. The Kier molecular flexibility index (Phi) is 3.06. The van der Waals surface area contributed by atoms with Gasteiger partial charge in [0.1, 0.15) is 12.4 Å². The van der Waals surface area contributed by atoms with Crippen LogP contribution < -0.4 is 5.01 Å². The van der Waals surface area contributed by atoms with E-state index in [1.807, 2.05) is 0 Å². The van der Waals surface area contributed by atoms with Gasteiger partial charge in [0.05, 0.1) is 5.69 Å². The SMILES string of the molecule is O=C(O)CN1CCC(=O)N1c1ccc(F)cc1. The van der Waals surface area contributed by atoms with Crippen LogP contribution in [0.15, 0.2) is 24.3 Å². The summed E-state index contributed by atoms with van der Waals surface area (Å²) in [6.45, 7) is 0.117. The number of aliphatic carboxylic acids is 1. The predicted octanol–water partition coefficient (Wildman–Crippen LogP) is 0.864. The van der Waals surface area contributed by atoms with Crippen molar-refractivity contribution >= 4 is 17.6 Å². The highest BCUT2D eigenvalue weighted by atomic mass is 19.1. The molecule has 1 aliphatic rings. The zero-order chi connectivity index (χ0) is 12.4. The van der Waals surface area contributed by atoms with E-state index in [9.17, 15) is 14.0 Å². The lowest BCUT2D eigenvalue weighted by Crippen LogP contribution is -2.42. The Morgan fingerprint density at radius 3 is 2.59 bits per heavy atom. The molecule has 1 saturated heterocycles. The van der Waals surface area contributed by atoms with Gasteiger partial charge >= 0.3 is 5.97 Å². The summed E-state index contributed by atoms with van der Waals surface area (Å²) in [5.41, 5.74) is 0.482. The summed E-state index contributed by atoms with van der Waals surface area (Å²) in [6, 6.07) is 5.38. The van der Waals surface area contributed by atoms with E-state index >= 15 is 0 Å². The van der Waals surface area contributed by atoms with Gasteiger partial charge in [0.2, 0.25) is 5.91 Å². The van der Waals surface area contributed by atoms with Gasteiger partial charge in [0.25, 0.3) is 0 Å². The number of amides is 1. The monoisotopic (exact) mass is 238 g/mol. The zero-order valence-electron chi connectivity index (χ0n) is 8.97. The molecule has 17 heavy (non-hydrogen) atoms. The molecule has 5 nitrogen and oxygen atoms in total. The van der Waals surface area contributed by atoms with E-state index in [-0.39, 0.29) is 18.9 Å². The average Bonchev–Trinajstić information content (AvgIpc) is 2.61. The van der Waals surface area contributed by atoms with Crippen LogP contribution in [-0.2, 0) is 9.59 Å². The number of anilines is 1. The van der Waals surface area contributed by atoms with E-state index < -0.39 is 11.8 Å². The van der Waals surface area contributed by atoms with Gasteiger partial charge in [-0.15, -0.1) is 0 Å². The Hall–Kier alpha value is -1.95. The fourth-order valence-electron chi connectivity index (χ4n) is 1.78. The fourth-order valence-corrected chi connectivity index (χ4v) is 1.78. The van der Waals surface area contributed by atoms with Gasteiger partial charge in [-0.1, -0.05) is 0 Å². The standard InChI is InChI=1S/C11H11FN2O3/c12-8-1-3-9(4-2-8)14-10(15)5-6-13(14)7-11(16)17/h1-4H,5-7H2,(H,16,17). The van der Waals surface area contributed by atoms with E-state index in [2.05, 4.69) is 0 Å². The number of nitrogens with zero attached hydrogens (tertiary/aromatic N) is 2. The number of benzene rings is 1. The van der Waals surface area contributed by atoms with E-state index in [1.54, 1.807) is 0 Å². The maximum absolute atomic E-state index is 12.8.